The molecule has 0 aliphatic heterocycles. The van der Waals surface area contributed by atoms with E-state index in [9.17, 15) is 14.4 Å². The van der Waals surface area contributed by atoms with Gasteiger partial charge in [0.25, 0.3) is 0 Å². The third kappa shape index (κ3) is 6.83. The molecular formula is C18H26O4. The van der Waals surface area contributed by atoms with E-state index >= 15 is 0 Å². The molecular weight excluding hydrogens is 280 g/mol. The number of ether oxygens (including phenoxy) is 1. The van der Waals surface area contributed by atoms with E-state index in [4.69, 9.17) is 4.74 Å². The first-order valence-electron chi connectivity index (χ1n) is 8.11. The maximum Gasteiger partial charge on any atom is 0.305 e. The molecule has 0 aromatic heterocycles. The minimum atomic E-state index is -0.132. The van der Waals surface area contributed by atoms with Gasteiger partial charge in [0.15, 0.2) is 11.6 Å². The predicted octanol–water partition coefficient (Wildman–Crippen LogP) is 3.41. The summed E-state index contributed by atoms with van der Waals surface area (Å²) in [7, 11) is 0. The Labute approximate surface area is 132 Å². The Morgan fingerprint density at radius 3 is 2.64 bits per heavy atom. The SMILES string of the molecule is CCOC(=O)CCCCCCC1C(=O)C=CC1C=CC(C)=O. The molecule has 0 bridgehead atoms. The van der Waals surface area contributed by atoms with Crippen LogP contribution >= 0.6 is 0 Å². The lowest BCUT2D eigenvalue weighted by Gasteiger charge is -2.14. The molecule has 0 amide bonds. The average molecular weight is 306 g/mol. The van der Waals surface area contributed by atoms with Gasteiger partial charge in [-0.3, -0.25) is 14.4 Å². The van der Waals surface area contributed by atoms with Crippen LogP contribution in [-0.2, 0) is 19.1 Å². The highest BCUT2D eigenvalue weighted by Crippen LogP contribution is 2.28. The summed E-state index contributed by atoms with van der Waals surface area (Å²) in [5.41, 5.74) is 0. The van der Waals surface area contributed by atoms with E-state index in [1.807, 2.05) is 19.1 Å². The highest BCUT2D eigenvalue weighted by atomic mass is 16.5. The highest BCUT2D eigenvalue weighted by Gasteiger charge is 2.27. The van der Waals surface area contributed by atoms with E-state index in [-0.39, 0.29) is 29.4 Å². The lowest BCUT2D eigenvalue weighted by Crippen LogP contribution is -2.14. The van der Waals surface area contributed by atoms with E-state index < -0.39 is 0 Å². The zero-order valence-corrected chi connectivity index (χ0v) is 13.5. The van der Waals surface area contributed by atoms with Crippen LogP contribution in [0.3, 0.4) is 0 Å². The third-order valence-corrected chi connectivity index (χ3v) is 3.82. The van der Waals surface area contributed by atoms with Crippen LogP contribution in [0.1, 0.15) is 52.4 Å². The second-order valence-electron chi connectivity index (χ2n) is 5.67. The summed E-state index contributed by atoms with van der Waals surface area (Å²) in [6, 6.07) is 0. The van der Waals surface area contributed by atoms with E-state index in [0.29, 0.717) is 13.0 Å². The largest absolute Gasteiger partial charge is 0.466 e. The summed E-state index contributed by atoms with van der Waals surface area (Å²) >= 11 is 0. The molecule has 0 N–H and O–H groups in total. The van der Waals surface area contributed by atoms with Crippen molar-refractivity contribution in [2.75, 3.05) is 6.61 Å². The number of hydrogen-bond acceptors (Lipinski definition) is 4. The first kappa shape index (κ1) is 18.3. The van der Waals surface area contributed by atoms with Crippen LogP contribution in [0.2, 0.25) is 0 Å². The first-order chi connectivity index (χ1) is 10.5. The summed E-state index contributed by atoms with van der Waals surface area (Å²) < 4.78 is 4.88. The van der Waals surface area contributed by atoms with Gasteiger partial charge >= 0.3 is 5.97 Å². The number of hydrogen-bond donors (Lipinski definition) is 0. The van der Waals surface area contributed by atoms with Gasteiger partial charge in [-0.05, 0) is 38.8 Å². The van der Waals surface area contributed by atoms with Crippen molar-refractivity contribution < 1.29 is 19.1 Å². The molecule has 1 rings (SSSR count). The number of allylic oxidation sites excluding steroid dienone is 4. The molecule has 2 atom stereocenters. The molecule has 0 aromatic carbocycles. The quantitative estimate of drug-likeness (QED) is 0.352. The van der Waals surface area contributed by atoms with Gasteiger partial charge < -0.3 is 4.74 Å². The highest BCUT2D eigenvalue weighted by molar-refractivity contribution is 5.95. The topological polar surface area (TPSA) is 60.4 Å². The molecule has 1 aliphatic rings. The molecule has 0 saturated heterocycles. The summed E-state index contributed by atoms with van der Waals surface area (Å²) in [5.74, 6) is 0.0545. The Kier molecular flexibility index (Phi) is 8.41. The van der Waals surface area contributed by atoms with E-state index in [0.717, 1.165) is 32.1 Å². The zero-order valence-electron chi connectivity index (χ0n) is 13.5. The fraction of sp³-hybridized carbons (Fsp3) is 0.611. The summed E-state index contributed by atoms with van der Waals surface area (Å²) in [6.07, 6.45) is 12.0. The van der Waals surface area contributed by atoms with Crippen molar-refractivity contribution in [2.24, 2.45) is 11.8 Å². The second kappa shape index (κ2) is 10.1. The summed E-state index contributed by atoms with van der Waals surface area (Å²) in [4.78, 5) is 34.0. The Morgan fingerprint density at radius 1 is 1.23 bits per heavy atom. The van der Waals surface area contributed by atoms with Crippen molar-refractivity contribution in [3.05, 3.63) is 24.3 Å². The van der Waals surface area contributed by atoms with Gasteiger partial charge in [0.1, 0.15) is 0 Å². The smallest absolute Gasteiger partial charge is 0.305 e. The van der Waals surface area contributed by atoms with Gasteiger partial charge in [0, 0.05) is 18.3 Å². The summed E-state index contributed by atoms with van der Waals surface area (Å²) in [5, 5.41) is 0. The number of rotatable bonds is 10. The Hall–Kier alpha value is -1.71. The number of carbonyl (C=O) groups excluding carboxylic acids is 3. The maximum absolute atomic E-state index is 11.8. The van der Waals surface area contributed by atoms with Crippen LogP contribution in [-0.4, -0.2) is 24.1 Å². The third-order valence-electron chi connectivity index (χ3n) is 3.82. The van der Waals surface area contributed by atoms with Crippen LogP contribution in [0.15, 0.2) is 24.3 Å². The molecule has 2 unspecified atom stereocenters. The predicted molar refractivity (Wildman–Crippen MR) is 85.3 cm³/mol. The van der Waals surface area contributed by atoms with Crippen molar-refractivity contribution >= 4 is 17.5 Å². The molecule has 0 radical (unpaired) electrons. The molecule has 0 fully saturated rings. The van der Waals surface area contributed by atoms with Crippen LogP contribution in [0.25, 0.3) is 0 Å². The molecule has 122 valence electrons. The number of unbranched alkanes of at least 4 members (excludes halogenated alkanes) is 3. The molecule has 0 aromatic rings. The lowest BCUT2D eigenvalue weighted by molar-refractivity contribution is -0.143. The van der Waals surface area contributed by atoms with Crippen molar-refractivity contribution in [3.63, 3.8) is 0 Å². The van der Waals surface area contributed by atoms with E-state index in [2.05, 4.69) is 0 Å². The molecule has 1 aliphatic carbocycles. The van der Waals surface area contributed by atoms with Crippen molar-refractivity contribution in [1.29, 1.82) is 0 Å². The molecule has 22 heavy (non-hydrogen) atoms. The Bertz CT molecular complexity index is 448. The average Bonchev–Trinajstić information content (AvgIpc) is 2.81. The van der Waals surface area contributed by atoms with Crippen LogP contribution in [0, 0.1) is 11.8 Å². The minimum Gasteiger partial charge on any atom is -0.466 e. The normalized spacial score (nSPS) is 20.7. The van der Waals surface area contributed by atoms with Crippen LogP contribution in [0.5, 0.6) is 0 Å². The molecule has 0 saturated carbocycles. The van der Waals surface area contributed by atoms with Gasteiger partial charge in [0.2, 0.25) is 0 Å². The molecule has 0 heterocycles. The second-order valence-corrected chi connectivity index (χ2v) is 5.67. The van der Waals surface area contributed by atoms with Gasteiger partial charge in [-0.2, -0.15) is 0 Å². The Morgan fingerprint density at radius 2 is 1.95 bits per heavy atom. The Balaban J connectivity index is 2.21. The van der Waals surface area contributed by atoms with E-state index in [1.54, 1.807) is 12.2 Å². The van der Waals surface area contributed by atoms with Crippen molar-refractivity contribution in [2.45, 2.75) is 52.4 Å². The monoisotopic (exact) mass is 306 g/mol. The fourth-order valence-electron chi connectivity index (χ4n) is 2.65. The molecule has 0 spiro atoms. The number of esters is 1. The first-order valence-corrected chi connectivity index (χ1v) is 8.11. The van der Waals surface area contributed by atoms with Gasteiger partial charge in [-0.25, -0.2) is 0 Å². The van der Waals surface area contributed by atoms with Crippen LogP contribution < -0.4 is 0 Å². The summed E-state index contributed by atoms with van der Waals surface area (Å²) in [6.45, 7) is 3.75. The van der Waals surface area contributed by atoms with Gasteiger partial charge in [-0.15, -0.1) is 0 Å². The van der Waals surface area contributed by atoms with Gasteiger partial charge in [0.05, 0.1) is 6.61 Å². The fourth-order valence-corrected chi connectivity index (χ4v) is 2.65. The maximum atomic E-state index is 11.8. The van der Waals surface area contributed by atoms with Crippen LogP contribution in [0.4, 0.5) is 0 Å². The van der Waals surface area contributed by atoms with Gasteiger partial charge in [-0.1, -0.05) is 31.4 Å². The standard InChI is InChI=1S/C18H26O4/c1-3-22-18(21)9-7-5-4-6-8-16-15(11-10-14(2)19)12-13-17(16)20/h10-13,15-16H,3-9H2,1-2H3. The molecule has 4 heteroatoms. The zero-order chi connectivity index (χ0) is 16.4. The minimum absolute atomic E-state index is 0.00506. The molecule has 4 nitrogen and oxygen atoms in total. The van der Waals surface area contributed by atoms with Crippen molar-refractivity contribution in [3.8, 4) is 0 Å². The number of carbonyl (C=O) groups is 3. The number of ketones is 2. The van der Waals surface area contributed by atoms with Crippen molar-refractivity contribution in [1.82, 2.24) is 0 Å². The van der Waals surface area contributed by atoms with E-state index in [1.165, 1.54) is 6.92 Å². The lowest BCUT2D eigenvalue weighted by atomic mass is 9.89.